The van der Waals surface area contributed by atoms with Gasteiger partial charge in [0.1, 0.15) is 5.15 Å². The summed E-state index contributed by atoms with van der Waals surface area (Å²) in [6.45, 7) is -2.90. The van der Waals surface area contributed by atoms with Crippen LogP contribution in [-0.2, 0) is 0 Å². The molecule has 0 bridgehead atoms. The zero-order valence-electron chi connectivity index (χ0n) is 6.50. The summed E-state index contributed by atoms with van der Waals surface area (Å²) in [4.78, 5) is 7.41. The van der Waals surface area contributed by atoms with E-state index in [1.54, 1.807) is 6.26 Å². The van der Waals surface area contributed by atoms with Crippen molar-refractivity contribution in [1.82, 2.24) is 9.97 Å². The lowest BCUT2D eigenvalue weighted by Crippen LogP contribution is -2.04. The van der Waals surface area contributed by atoms with Gasteiger partial charge in [-0.2, -0.15) is 13.8 Å². The van der Waals surface area contributed by atoms with Crippen LogP contribution in [0.5, 0.6) is 5.88 Å². The average Bonchev–Trinajstić information content (AvgIpc) is 2.01. The molecule has 0 aromatic carbocycles. The first kappa shape index (κ1) is 10.5. The molecule has 0 aliphatic rings. The Morgan fingerprint density at radius 1 is 1.54 bits per heavy atom. The maximum Gasteiger partial charge on any atom is 0.388 e. The molecule has 1 aromatic rings. The smallest absolute Gasteiger partial charge is 0.388 e. The third-order valence-corrected chi connectivity index (χ3v) is 1.78. The van der Waals surface area contributed by atoms with Gasteiger partial charge in [-0.15, -0.1) is 0 Å². The molecule has 72 valence electrons. The number of nitrogens with zero attached hydrogens (tertiary/aromatic N) is 2. The van der Waals surface area contributed by atoms with Crippen LogP contribution in [0.3, 0.4) is 0 Å². The number of alkyl halides is 2. The molecule has 0 aliphatic carbocycles. The summed E-state index contributed by atoms with van der Waals surface area (Å²) >= 11 is 6.72. The van der Waals surface area contributed by atoms with Gasteiger partial charge in [0, 0.05) is 6.07 Å². The molecule has 0 radical (unpaired) electrons. The number of rotatable bonds is 3. The minimum absolute atomic E-state index is 0.0787. The minimum atomic E-state index is -2.90. The first-order valence-electron chi connectivity index (χ1n) is 3.15. The van der Waals surface area contributed by atoms with E-state index in [0.29, 0.717) is 5.16 Å². The molecule has 1 aromatic heterocycles. The molecular weight excluding hydrogens is 222 g/mol. The SMILES string of the molecule is CSc1nc(Cl)cc(OC(F)F)n1. The van der Waals surface area contributed by atoms with E-state index in [9.17, 15) is 8.78 Å². The van der Waals surface area contributed by atoms with E-state index in [2.05, 4.69) is 14.7 Å². The monoisotopic (exact) mass is 226 g/mol. The maximum atomic E-state index is 11.8. The lowest BCUT2D eigenvalue weighted by Gasteiger charge is -2.04. The Bertz CT molecular complexity index is 300. The van der Waals surface area contributed by atoms with Crippen molar-refractivity contribution in [1.29, 1.82) is 0 Å². The lowest BCUT2D eigenvalue weighted by molar-refractivity contribution is -0.0533. The van der Waals surface area contributed by atoms with Crippen molar-refractivity contribution in [2.75, 3.05) is 6.26 Å². The molecule has 3 nitrogen and oxygen atoms in total. The summed E-state index contributed by atoms with van der Waals surface area (Å²) in [5.41, 5.74) is 0. The van der Waals surface area contributed by atoms with Crippen molar-refractivity contribution in [3.05, 3.63) is 11.2 Å². The fourth-order valence-electron chi connectivity index (χ4n) is 0.620. The number of ether oxygens (including phenoxy) is 1. The molecule has 13 heavy (non-hydrogen) atoms. The van der Waals surface area contributed by atoms with Crippen molar-refractivity contribution in [2.24, 2.45) is 0 Å². The van der Waals surface area contributed by atoms with Gasteiger partial charge in [0.15, 0.2) is 5.16 Å². The van der Waals surface area contributed by atoms with Crippen LogP contribution in [0.4, 0.5) is 8.78 Å². The van der Waals surface area contributed by atoms with E-state index < -0.39 is 6.61 Å². The summed E-state index contributed by atoms with van der Waals surface area (Å²) in [5, 5.41) is 0.373. The van der Waals surface area contributed by atoms with Crippen LogP contribution in [0.25, 0.3) is 0 Å². The number of hydrogen-bond donors (Lipinski definition) is 0. The van der Waals surface area contributed by atoms with Crippen LogP contribution in [0, 0.1) is 0 Å². The van der Waals surface area contributed by atoms with E-state index in [1.807, 2.05) is 0 Å². The Morgan fingerprint density at radius 2 is 2.23 bits per heavy atom. The van der Waals surface area contributed by atoms with Crippen LogP contribution >= 0.6 is 23.4 Å². The van der Waals surface area contributed by atoms with E-state index in [0.717, 1.165) is 6.07 Å². The standard InChI is InChI=1S/C6H5ClF2N2OS/c1-13-6-10-3(7)2-4(11-6)12-5(8)9/h2,5H,1H3. The van der Waals surface area contributed by atoms with Crippen LogP contribution in [0.15, 0.2) is 11.2 Å². The highest BCUT2D eigenvalue weighted by Crippen LogP contribution is 2.19. The van der Waals surface area contributed by atoms with Crippen molar-refractivity contribution in [2.45, 2.75) is 11.8 Å². The van der Waals surface area contributed by atoms with Crippen molar-refractivity contribution in [3.8, 4) is 5.88 Å². The van der Waals surface area contributed by atoms with Crippen LogP contribution in [0.2, 0.25) is 5.15 Å². The summed E-state index contributed by atoms with van der Waals surface area (Å²) in [5.74, 6) is -0.223. The van der Waals surface area contributed by atoms with E-state index in [1.165, 1.54) is 11.8 Å². The Labute approximate surface area is 82.5 Å². The average molecular weight is 227 g/mol. The fraction of sp³-hybridized carbons (Fsp3) is 0.333. The first-order valence-corrected chi connectivity index (χ1v) is 4.75. The normalized spacial score (nSPS) is 10.5. The molecule has 0 aliphatic heterocycles. The Kier molecular flexibility index (Phi) is 3.68. The third-order valence-electron chi connectivity index (χ3n) is 1.04. The van der Waals surface area contributed by atoms with Gasteiger partial charge in [-0.1, -0.05) is 23.4 Å². The zero-order chi connectivity index (χ0) is 9.84. The van der Waals surface area contributed by atoms with Crippen LogP contribution in [0.1, 0.15) is 0 Å². The molecule has 0 saturated heterocycles. The molecule has 0 atom stereocenters. The Balaban J connectivity index is 2.88. The van der Waals surface area contributed by atoms with E-state index in [-0.39, 0.29) is 11.0 Å². The first-order chi connectivity index (χ1) is 6.11. The molecule has 0 saturated carbocycles. The maximum absolute atomic E-state index is 11.8. The van der Waals surface area contributed by atoms with Gasteiger partial charge in [0.25, 0.3) is 0 Å². The quantitative estimate of drug-likeness (QED) is 0.451. The number of hydrogen-bond acceptors (Lipinski definition) is 4. The molecular formula is C6H5ClF2N2OS. The predicted molar refractivity (Wildman–Crippen MR) is 45.5 cm³/mol. The van der Waals surface area contributed by atoms with Crippen molar-refractivity contribution >= 4 is 23.4 Å². The Morgan fingerprint density at radius 3 is 2.77 bits per heavy atom. The van der Waals surface area contributed by atoms with E-state index in [4.69, 9.17) is 11.6 Å². The highest BCUT2D eigenvalue weighted by atomic mass is 35.5. The Hall–Kier alpha value is -0.620. The van der Waals surface area contributed by atoms with Gasteiger partial charge in [0.2, 0.25) is 5.88 Å². The second-order valence-electron chi connectivity index (χ2n) is 1.89. The largest absolute Gasteiger partial charge is 0.417 e. The van der Waals surface area contributed by atoms with E-state index >= 15 is 0 Å². The van der Waals surface area contributed by atoms with Gasteiger partial charge in [-0.25, -0.2) is 4.98 Å². The van der Waals surface area contributed by atoms with Gasteiger partial charge >= 0.3 is 6.61 Å². The fourth-order valence-corrected chi connectivity index (χ4v) is 1.21. The third kappa shape index (κ3) is 3.31. The summed E-state index contributed by atoms with van der Waals surface area (Å²) in [6.07, 6.45) is 1.71. The van der Waals surface area contributed by atoms with Crippen molar-refractivity contribution in [3.63, 3.8) is 0 Å². The van der Waals surface area contributed by atoms with Crippen LogP contribution in [-0.4, -0.2) is 22.8 Å². The van der Waals surface area contributed by atoms with Gasteiger partial charge in [0.05, 0.1) is 0 Å². The molecule has 7 heteroatoms. The molecule has 1 heterocycles. The molecule has 1 rings (SSSR count). The zero-order valence-corrected chi connectivity index (χ0v) is 8.07. The second kappa shape index (κ2) is 4.57. The summed E-state index contributed by atoms with van der Waals surface area (Å²) in [6, 6.07) is 1.13. The predicted octanol–water partition coefficient (Wildman–Crippen LogP) is 2.45. The topological polar surface area (TPSA) is 35.0 Å². The minimum Gasteiger partial charge on any atom is -0.417 e. The number of thioether (sulfide) groups is 1. The van der Waals surface area contributed by atoms with Gasteiger partial charge in [-0.3, -0.25) is 0 Å². The number of aromatic nitrogens is 2. The highest BCUT2D eigenvalue weighted by Gasteiger charge is 2.08. The summed E-state index contributed by atoms with van der Waals surface area (Å²) in [7, 11) is 0. The lowest BCUT2D eigenvalue weighted by atomic mass is 10.6. The van der Waals surface area contributed by atoms with Crippen LogP contribution < -0.4 is 4.74 Å². The van der Waals surface area contributed by atoms with Gasteiger partial charge in [-0.05, 0) is 6.26 Å². The van der Waals surface area contributed by atoms with Gasteiger partial charge < -0.3 is 4.74 Å². The second-order valence-corrected chi connectivity index (χ2v) is 3.05. The molecule has 0 N–H and O–H groups in total. The number of halogens is 3. The molecule has 0 spiro atoms. The summed E-state index contributed by atoms with van der Waals surface area (Å²) < 4.78 is 27.6. The van der Waals surface area contributed by atoms with Crippen molar-refractivity contribution < 1.29 is 13.5 Å². The molecule has 0 fully saturated rings. The molecule has 0 unspecified atom stereocenters. The molecule has 0 amide bonds. The highest BCUT2D eigenvalue weighted by molar-refractivity contribution is 7.98.